The molecule has 0 heterocycles. The average Bonchev–Trinajstić information content (AvgIpc) is 2.38. The van der Waals surface area contributed by atoms with Crippen LogP contribution in [0.4, 0.5) is 0 Å². The molecule has 0 N–H and O–H groups in total. The molecule has 1 aliphatic rings. The Morgan fingerprint density at radius 3 is 2.91 bits per heavy atom. The molecule has 0 aliphatic heterocycles. The molecule has 0 spiro atoms. The van der Waals surface area contributed by atoms with Crippen LogP contribution in [0.2, 0.25) is 0 Å². The normalized spacial score (nSPS) is 23.5. The van der Waals surface area contributed by atoms with Crippen LogP contribution in [0.15, 0.2) is 11.8 Å². The average molecular weight is 156 g/mol. The van der Waals surface area contributed by atoms with E-state index in [1.807, 2.05) is 13.8 Å². The second-order valence-corrected chi connectivity index (χ2v) is 2.62. The first-order valence-electron chi connectivity index (χ1n) is 4.30. The Hall–Kier alpha value is -0.500. The van der Waals surface area contributed by atoms with Gasteiger partial charge in [0.05, 0.1) is 18.5 Å². The van der Waals surface area contributed by atoms with E-state index < -0.39 is 0 Å². The fraction of sp³-hybridized carbons (Fsp3) is 0.778. The zero-order valence-electron chi connectivity index (χ0n) is 7.30. The summed E-state index contributed by atoms with van der Waals surface area (Å²) in [4.78, 5) is 0. The van der Waals surface area contributed by atoms with Crippen LogP contribution in [0.25, 0.3) is 0 Å². The van der Waals surface area contributed by atoms with Gasteiger partial charge in [-0.2, -0.15) is 0 Å². The fourth-order valence-electron chi connectivity index (χ4n) is 1.32. The van der Waals surface area contributed by atoms with Crippen molar-refractivity contribution in [2.24, 2.45) is 0 Å². The van der Waals surface area contributed by atoms with Crippen LogP contribution in [0, 0.1) is 0 Å². The van der Waals surface area contributed by atoms with Crippen molar-refractivity contribution in [3.8, 4) is 0 Å². The molecule has 0 bridgehead atoms. The maximum atomic E-state index is 5.45. The molecule has 2 nitrogen and oxygen atoms in total. The first-order valence-corrected chi connectivity index (χ1v) is 4.30. The Labute approximate surface area is 68.2 Å². The lowest BCUT2D eigenvalue weighted by atomic mass is 10.3. The van der Waals surface area contributed by atoms with E-state index in [1.54, 1.807) is 0 Å². The van der Waals surface area contributed by atoms with Crippen LogP contribution in [-0.4, -0.2) is 19.3 Å². The van der Waals surface area contributed by atoms with Gasteiger partial charge in [-0.25, -0.2) is 0 Å². The van der Waals surface area contributed by atoms with Gasteiger partial charge in [-0.3, -0.25) is 0 Å². The van der Waals surface area contributed by atoms with Gasteiger partial charge < -0.3 is 9.47 Å². The third kappa shape index (κ3) is 2.54. The second kappa shape index (κ2) is 4.39. The maximum absolute atomic E-state index is 5.45. The lowest BCUT2D eigenvalue weighted by Gasteiger charge is -2.09. The van der Waals surface area contributed by atoms with Gasteiger partial charge >= 0.3 is 0 Å². The predicted octanol–water partition coefficient (Wildman–Crippen LogP) is 2.11. The number of rotatable bonds is 4. The third-order valence-corrected chi connectivity index (χ3v) is 1.77. The van der Waals surface area contributed by atoms with E-state index in [-0.39, 0.29) is 0 Å². The van der Waals surface area contributed by atoms with E-state index in [0.717, 1.165) is 31.8 Å². The Kier molecular flexibility index (Phi) is 3.43. The van der Waals surface area contributed by atoms with E-state index in [9.17, 15) is 0 Å². The molecule has 11 heavy (non-hydrogen) atoms. The summed E-state index contributed by atoms with van der Waals surface area (Å²) in [6.45, 7) is 5.61. The highest BCUT2D eigenvalue weighted by atomic mass is 16.5. The highest BCUT2D eigenvalue weighted by molar-refractivity contribution is 5.04. The van der Waals surface area contributed by atoms with Gasteiger partial charge in [-0.1, -0.05) is 0 Å². The standard InChI is InChI=1S/C9H16O2/c1-3-10-8-5-6-9(7-8)11-4-2/h5,9H,3-4,6-7H2,1-2H3. The molecule has 0 saturated heterocycles. The Morgan fingerprint density at radius 1 is 1.45 bits per heavy atom. The minimum Gasteiger partial charge on any atom is -0.498 e. The molecule has 0 aromatic heterocycles. The first kappa shape index (κ1) is 8.60. The summed E-state index contributed by atoms with van der Waals surface area (Å²) in [7, 11) is 0. The van der Waals surface area contributed by atoms with Crippen molar-refractivity contribution in [2.75, 3.05) is 13.2 Å². The van der Waals surface area contributed by atoms with E-state index in [0.29, 0.717) is 6.10 Å². The van der Waals surface area contributed by atoms with Gasteiger partial charge in [0, 0.05) is 13.0 Å². The fourth-order valence-corrected chi connectivity index (χ4v) is 1.32. The predicted molar refractivity (Wildman–Crippen MR) is 44.4 cm³/mol. The van der Waals surface area contributed by atoms with Crippen LogP contribution in [0.5, 0.6) is 0 Å². The number of ether oxygens (including phenoxy) is 2. The van der Waals surface area contributed by atoms with Gasteiger partial charge in [-0.15, -0.1) is 0 Å². The molecule has 0 fully saturated rings. The third-order valence-electron chi connectivity index (χ3n) is 1.77. The summed E-state index contributed by atoms with van der Waals surface area (Å²) in [5.74, 6) is 1.10. The van der Waals surface area contributed by atoms with Crippen LogP contribution in [0.3, 0.4) is 0 Å². The monoisotopic (exact) mass is 156 g/mol. The number of hydrogen-bond donors (Lipinski definition) is 0. The molecule has 0 aromatic carbocycles. The van der Waals surface area contributed by atoms with Crippen molar-refractivity contribution in [2.45, 2.75) is 32.8 Å². The Balaban J connectivity index is 2.19. The van der Waals surface area contributed by atoms with E-state index in [1.165, 1.54) is 0 Å². The van der Waals surface area contributed by atoms with Crippen molar-refractivity contribution in [3.05, 3.63) is 11.8 Å². The summed E-state index contributed by atoms with van der Waals surface area (Å²) < 4.78 is 10.8. The SMILES string of the molecule is CCOC1=CCC(OCC)C1. The minimum atomic E-state index is 0.376. The number of hydrogen-bond acceptors (Lipinski definition) is 2. The second-order valence-electron chi connectivity index (χ2n) is 2.62. The topological polar surface area (TPSA) is 18.5 Å². The Morgan fingerprint density at radius 2 is 2.27 bits per heavy atom. The van der Waals surface area contributed by atoms with Gasteiger partial charge in [0.2, 0.25) is 0 Å². The van der Waals surface area contributed by atoms with Crippen LogP contribution in [0.1, 0.15) is 26.7 Å². The molecule has 0 amide bonds. The summed E-state index contributed by atoms with van der Waals surface area (Å²) >= 11 is 0. The first-order chi connectivity index (χ1) is 5.36. The van der Waals surface area contributed by atoms with Crippen molar-refractivity contribution < 1.29 is 9.47 Å². The van der Waals surface area contributed by atoms with Gasteiger partial charge in [0.1, 0.15) is 0 Å². The quantitative estimate of drug-likeness (QED) is 0.620. The molecule has 0 saturated carbocycles. The largest absolute Gasteiger partial charge is 0.498 e. The van der Waals surface area contributed by atoms with E-state index in [2.05, 4.69) is 6.08 Å². The van der Waals surface area contributed by atoms with Crippen LogP contribution < -0.4 is 0 Å². The maximum Gasteiger partial charge on any atom is 0.0946 e. The van der Waals surface area contributed by atoms with E-state index in [4.69, 9.17) is 9.47 Å². The molecule has 1 aliphatic carbocycles. The van der Waals surface area contributed by atoms with Crippen molar-refractivity contribution in [3.63, 3.8) is 0 Å². The minimum absolute atomic E-state index is 0.376. The van der Waals surface area contributed by atoms with Crippen molar-refractivity contribution in [1.82, 2.24) is 0 Å². The zero-order chi connectivity index (χ0) is 8.10. The Bertz CT molecular complexity index is 140. The summed E-state index contributed by atoms with van der Waals surface area (Å²) in [5.41, 5.74) is 0. The summed E-state index contributed by atoms with van der Waals surface area (Å²) in [6.07, 6.45) is 4.48. The molecule has 0 aromatic rings. The molecule has 1 atom stereocenters. The molecule has 1 unspecified atom stereocenters. The molecule has 64 valence electrons. The smallest absolute Gasteiger partial charge is 0.0946 e. The lowest BCUT2D eigenvalue weighted by Crippen LogP contribution is -2.08. The lowest BCUT2D eigenvalue weighted by molar-refractivity contribution is 0.0629. The molecule has 0 radical (unpaired) electrons. The van der Waals surface area contributed by atoms with Crippen LogP contribution in [-0.2, 0) is 9.47 Å². The van der Waals surface area contributed by atoms with Gasteiger partial charge in [-0.05, 0) is 26.3 Å². The highest BCUT2D eigenvalue weighted by Crippen LogP contribution is 2.21. The molecular weight excluding hydrogens is 140 g/mol. The molecular formula is C9H16O2. The van der Waals surface area contributed by atoms with Gasteiger partial charge in [0.25, 0.3) is 0 Å². The molecule has 2 heteroatoms. The zero-order valence-corrected chi connectivity index (χ0v) is 7.30. The highest BCUT2D eigenvalue weighted by Gasteiger charge is 2.17. The van der Waals surface area contributed by atoms with E-state index >= 15 is 0 Å². The summed E-state index contributed by atoms with van der Waals surface area (Å²) in [5, 5.41) is 0. The van der Waals surface area contributed by atoms with Crippen molar-refractivity contribution >= 4 is 0 Å². The van der Waals surface area contributed by atoms with Gasteiger partial charge in [0.15, 0.2) is 0 Å². The molecule has 1 rings (SSSR count). The van der Waals surface area contributed by atoms with Crippen molar-refractivity contribution in [1.29, 1.82) is 0 Å². The summed E-state index contributed by atoms with van der Waals surface area (Å²) in [6, 6.07) is 0. The van der Waals surface area contributed by atoms with Crippen LogP contribution >= 0.6 is 0 Å².